The largest absolute Gasteiger partial charge is 0.300 e. The molecule has 1 aromatic carbocycles. The van der Waals surface area contributed by atoms with Crippen molar-refractivity contribution >= 4 is 17.3 Å². The minimum absolute atomic E-state index is 0.000259. The molecule has 3 heteroatoms. The fourth-order valence-electron chi connectivity index (χ4n) is 2.50. The molecule has 0 amide bonds. The van der Waals surface area contributed by atoms with Crippen molar-refractivity contribution in [3.63, 3.8) is 0 Å². The highest BCUT2D eigenvalue weighted by atomic mass is 16.1. The summed E-state index contributed by atoms with van der Waals surface area (Å²) in [5.41, 5.74) is 1.11. The molecule has 1 atom stereocenters. The molecule has 0 radical (unpaired) electrons. The molecular weight excluding hydrogens is 240 g/mol. The van der Waals surface area contributed by atoms with Gasteiger partial charge in [-0.2, -0.15) is 0 Å². The average Bonchev–Trinajstić information content (AvgIpc) is 2.41. The molecule has 1 aliphatic carbocycles. The van der Waals surface area contributed by atoms with E-state index in [0.717, 1.165) is 5.56 Å². The zero-order valence-electron chi connectivity index (χ0n) is 10.9. The van der Waals surface area contributed by atoms with Crippen molar-refractivity contribution in [2.24, 2.45) is 0 Å². The van der Waals surface area contributed by atoms with Gasteiger partial charge in [-0.1, -0.05) is 30.3 Å². The standard InChI is InChI=1S/C16H18O3/c17-14-8-9-16(19)11-15(18)7-6-13(10-14)12-4-2-1-3-5-12/h1-5,13H,6-11H2/t13-/m1/s1. The minimum atomic E-state index is -0.100. The second-order valence-corrected chi connectivity index (χ2v) is 5.14. The fourth-order valence-corrected chi connectivity index (χ4v) is 2.50. The zero-order chi connectivity index (χ0) is 13.7. The molecule has 1 fully saturated rings. The highest BCUT2D eigenvalue weighted by Crippen LogP contribution is 2.27. The molecule has 100 valence electrons. The van der Waals surface area contributed by atoms with Crippen LogP contribution in [0.1, 0.15) is 50.0 Å². The Morgan fingerprint density at radius 2 is 1.42 bits per heavy atom. The van der Waals surface area contributed by atoms with Crippen molar-refractivity contribution in [3.8, 4) is 0 Å². The van der Waals surface area contributed by atoms with E-state index in [1.165, 1.54) is 0 Å². The van der Waals surface area contributed by atoms with Crippen LogP contribution in [-0.4, -0.2) is 17.3 Å². The summed E-state index contributed by atoms with van der Waals surface area (Å²) in [6.45, 7) is 0. The molecule has 0 saturated heterocycles. The number of benzene rings is 1. The molecule has 19 heavy (non-hydrogen) atoms. The highest BCUT2D eigenvalue weighted by molar-refractivity contribution is 6.00. The van der Waals surface area contributed by atoms with Gasteiger partial charge < -0.3 is 0 Å². The lowest BCUT2D eigenvalue weighted by atomic mass is 9.86. The van der Waals surface area contributed by atoms with E-state index < -0.39 is 0 Å². The number of hydrogen-bond donors (Lipinski definition) is 0. The van der Waals surface area contributed by atoms with Crippen molar-refractivity contribution in [2.45, 2.75) is 44.4 Å². The van der Waals surface area contributed by atoms with E-state index in [0.29, 0.717) is 19.3 Å². The van der Waals surface area contributed by atoms with E-state index in [2.05, 4.69) is 0 Å². The number of rotatable bonds is 1. The predicted octanol–water partition coefficient (Wildman–Crippen LogP) is 2.83. The number of carbonyl (C=O) groups excluding carboxylic acids is 3. The van der Waals surface area contributed by atoms with Gasteiger partial charge in [0, 0.05) is 25.7 Å². The van der Waals surface area contributed by atoms with Gasteiger partial charge >= 0.3 is 0 Å². The van der Waals surface area contributed by atoms with Gasteiger partial charge in [-0.3, -0.25) is 14.4 Å². The molecule has 1 aliphatic rings. The van der Waals surface area contributed by atoms with Crippen molar-refractivity contribution in [1.29, 1.82) is 0 Å². The first-order chi connectivity index (χ1) is 9.15. The SMILES string of the molecule is O=C1CCC(=O)C[C@H](c2ccccc2)CCC(=O)C1. The van der Waals surface area contributed by atoms with Crippen molar-refractivity contribution < 1.29 is 14.4 Å². The minimum Gasteiger partial charge on any atom is -0.300 e. The predicted molar refractivity (Wildman–Crippen MR) is 71.9 cm³/mol. The normalized spacial score (nSPS) is 22.3. The van der Waals surface area contributed by atoms with Gasteiger partial charge in [-0.25, -0.2) is 0 Å². The maximum absolute atomic E-state index is 11.9. The van der Waals surface area contributed by atoms with Crippen LogP contribution in [0, 0.1) is 0 Å². The van der Waals surface area contributed by atoms with Gasteiger partial charge in [-0.15, -0.1) is 0 Å². The van der Waals surface area contributed by atoms with E-state index in [9.17, 15) is 14.4 Å². The van der Waals surface area contributed by atoms with Gasteiger partial charge in [0.2, 0.25) is 0 Å². The molecule has 0 aliphatic heterocycles. The second-order valence-electron chi connectivity index (χ2n) is 5.14. The van der Waals surface area contributed by atoms with E-state index >= 15 is 0 Å². The first-order valence-electron chi connectivity index (χ1n) is 6.75. The molecule has 0 N–H and O–H groups in total. The lowest BCUT2D eigenvalue weighted by Crippen LogP contribution is -2.16. The molecule has 3 nitrogen and oxygen atoms in total. The van der Waals surface area contributed by atoms with Gasteiger partial charge in [0.05, 0.1) is 6.42 Å². The lowest BCUT2D eigenvalue weighted by molar-refractivity contribution is -0.129. The van der Waals surface area contributed by atoms with Crippen molar-refractivity contribution in [2.75, 3.05) is 0 Å². The Bertz CT molecular complexity index is 476. The van der Waals surface area contributed by atoms with Crippen LogP contribution in [0.5, 0.6) is 0 Å². The molecule has 0 heterocycles. The summed E-state index contributed by atoms with van der Waals surface area (Å²) in [4.78, 5) is 35.0. The van der Waals surface area contributed by atoms with Crippen LogP contribution in [0.4, 0.5) is 0 Å². The lowest BCUT2D eigenvalue weighted by Gasteiger charge is -2.17. The third-order valence-corrected chi connectivity index (χ3v) is 3.59. The van der Waals surface area contributed by atoms with Crippen LogP contribution in [0.2, 0.25) is 0 Å². The summed E-state index contributed by atoms with van der Waals surface area (Å²) in [7, 11) is 0. The summed E-state index contributed by atoms with van der Waals surface area (Å²) in [5.74, 6) is 0.124. The number of Topliss-reactive ketones (excluding diaryl/α,β-unsaturated/α-hetero) is 3. The Balaban J connectivity index is 2.12. The Kier molecular flexibility index (Phi) is 4.61. The molecule has 0 unspecified atom stereocenters. The van der Waals surface area contributed by atoms with E-state index in [1.807, 2.05) is 30.3 Å². The zero-order valence-corrected chi connectivity index (χ0v) is 10.9. The van der Waals surface area contributed by atoms with Crippen LogP contribution >= 0.6 is 0 Å². The fraction of sp³-hybridized carbons (Fsp3) is 0.438. The maximum Gasteiger partial charge on any atom is 0.140 e. The number of carbonyl (C=O) groups is 3. The first-order valence-corrected chi connectivity index (χ1v) is 6.75. The second kappa shape index (κ2) is 6.41. The smallest absolute Gasteiger partial charge is 0.140 e. The van der Waals surface area contributed by atoms with Crippen LogP contribution in [0.3, 0.4) is 0 Å². The topological polar surface area (TPSA) is 51.2 Å². The third-order valence-electron chi connectivity index (χ3n) is 3.59. The molecular formula is C16H18O3. The Morgan fingerprint density at radius 3 is 2.16 bits per heavy atom. The summed E-state index contributed by atoms with van der Waals surface area (Å²) in [5, 5.41) is 0. The molecule has 1 aromatic rings. The van der Waals surface area contributed by atoms with E-state index in [1.54, 1.807) is 0 Å². The van der Waals surface area contributed by atoms with Crippen LogP contribution in [-0.2, 0) is 14.4 Å². The molecule has 1 saturated carbocycles. The number of ketones is 3. The molecule has 2 rings (SSSR count). The van der Waals surface area contributed by atoms with Gasteiger partial charge in [0.15, 0.2) is 0 Å². The Hall–Kier alpha value is -1.77. The molecule has 0 aromatic heterocycles. The summed E-state index contributed by atoms with van der Waals surface area (Å²) < 4.78 is 0. The summed E-state index contributed by atoms with van der Waals surface area (Å²) in [6, 6.07) is 9.84. The van der Waals surface area contributed by atoms with Crippen LogP contribution in [0.15, 0.2) is 30.3 Å². The van der Waals surface area contributed by atoms with Gasteiger partial charge in [0.1, 0.15) is 17.3 Å². The molecule has 0 bridgehead atoms. The van der Waals surface area contributed by atoms with Crippen molar-refractivity contribution in [3.05, 3.63) is 35.9 Å². The Labute approximate surface area is 113 Å². The van der Waals surface area contributed by atoms with Crippen molar-refractivity contribution in [1.82, 2.24) is 0 Å². The molecule has 0 spiro atoms. The van der Waals surface area contributed by atoms with Gasteiger partial charge in [0.25, 0.3) is 0 Å². The summed E-state index contributed by atoms with van der Waals surface area (Å²) in [6.07, 6.45) is 1.96. The monoisotopic (exact) mass is 258 g/mol. The third kappa shape index (κ3) is 4.12. The summed E-state index contributed by atoms with van der Waals surface area (Å²) >= 11 is 0. The first kappa shape index (κ1) is 13.7. The van der Waals surface area contributed by atoms with Crippen LogP contribution < -0.4 is 0 Å². The number of hydrogen-bond acceptors (Lipinski definition) is 3. The average molecular weight is 258 g/mol. The van der Waals surface area contributed by atoms with Crippen LogP contribution in [0.25, 0.3) is 0 Å². The quantitative estimate of drug-likeness (QED) is 0.728. The highest BCUT2D eigenvalue weighted by Gasteiger charge is 2.21. The maximum atomic E-state index is 11.9. The van der Waals surface area contributed by atoms with E-state index in [-0.39, 0.29) is 42.5 Å². The van der Waals surface area contributed by atoms with E-state index in [4.69, 9.17) is 0 Å². The van der Waals surface area contributed by atoms with Gasteiger partial charge in [-0.05, 0) is 17.9 Å². The Morgan fingerprint density at radius 1 is 0.789 bits per heavy atom.